The summed E-state index contributed by atoms with van der Waals surface area (Å²) in [6, 6.07) is 0. The van der Waals surface area contributed by atoms with Crippen molar-refractivity contribution in [2.24, 2.45) is 16.7 Å². The van der Waals surface area contributed by atoms with E-state index in [1.54, 1.807) is 5.57 Å². The summed E-state index contributed by atoms with van der Waals surface area (Å²) in [7, 11) is 1.82. The number of rotatable bonds is 7. The normalized spacial score (nSPS) is 19.4. The van der Waals surface area contributed by atoms with Crippen LogP contribution >= 0.6 is 0 Å². The predicted molar refractivity (Wildman–Crippen MR) is 97.0 cm³/mol. The van der Waals surface area contributed by atoms with E-state index in [1.807, 2.05) is 7.11 Å². The summed E-state index contributed by atoms with van der Waals surface area (Å²) >= 11 is 0. The fourth-order valence-corrected chi connectivity index (χ4v) is 4.34. The van der Waals surface area contributed by atoms with Gasteiger partial charge in [0.25, 0.3) is 0 Å². The molecule has 1 fully saturated rings. The molecule has 1 rings (SSSR count). The molecule has 22 heavy (non-hydrogen) atoms. The maximum Gasteiger partial charge on any atom is 0.0513 e. The molecule has 0 amide bonds. The Morgan fingerprint density at radius 1 is 1.09 bits per heavy atom. The van der Waals surface area contributed by atoms with Gasteiger partial charge in [0, 0.05) is 25.9 Å². The zero-order valence-electron chi connectivity index (χ0n) is 16.4. The second kappa shape index (κ2) is 7.86. The molecular formula is C20H39NO. The Morgan fingerprint density at radius 3 is 2.09 bits per heavy atom. The maximum atomic E-state index is 5.41. The topological polar surface area (TPSA) is 12.5 Å². The van der Waals surface area contributed by atoms with Crippen molar-refractivity contribution in [2.75, 3.05) is 26.8 Å². The Balaban J connectivity index is 2.63. The zero-order chi connectivity index (χ0) is 17.0. The SMILES string of the molecule is CC/C(C)=C(\C)N1CCC(C(C)(C)CC(C)(C)COC)CC1. The van der Waals surface area contributed by atoms with Crippen LogP contribution in [0.1, 0.15) is 74.1 Å². The Morgan fingerprint density at radius 2 is 1.64 bits per heavy atom. The molecule has 0 aromatic rings. The van der Waals surface area contributed by atoms with Crippen LogP contribution in [0.25, 0.3) is 0 Å². The molecule has 1 aliphatic rings. The molecule has 0 spiro atoms. The van der Waals surface area contributed by atoms with E-state index < -0.39 is 0 Å². The molecule has 2 nitrogen and oxygen atoms in total. The molecule has 130 valence electrons. The van der Waals surface area contributed by atoms with Crippen LogP contribution in [-0.2, 0) is 4.74 Å². The first-order valence-corrected chi connectivity index (χ1v) is 9.03. The largest absolute Gasteiger partial charge is 0.384 e. The van der Waals surface area contributed by atoms with Crippen LogP contribution in [0.3, 0.4) is 0 Å². The van der Waals surface area contributed by atoms with Crippen molar-refractivity contribution in [3.63, 3.8) is 0 Å². The van der Waals surface area contributed by atoms with Crippen LogP contribution in [0.15, 0.2) is 11.3 Å². The maximum absolute atomic E-state index is 5.41. The van der Waals surface area contributed by atoms with E-state index in [-0.39, 0.29) is 5.41 Å². The lowest BCUT2D eigenvalue weighted by atomic mass is 9.65. The van der Waals surface area contributed by atoms with Crippen molar-refractivity contribution in [3.8, 4) is 0 Å². The summed E-state index contributed by atoms with van der Waals surface area (Å²) in [5.41, 5.74) is 3.72. The molecule has 0 aliphatic carbocycles. The Labute approximate surface area is 139 Å². The average molecular weight is 310 g/mol. The highest BCUT2D eigenvalue weighted by molar-refractivity contribution is 5.09. The monoisotopic (exact) mass is 309 g/mol. The Bertz CT molecular complexity index is 373. The number of hydrogen-bond acceptors (Lipinski definition) is 2. The smallest absolute Gasteiger partial charge is 0.0513 e. The number of ether oxygens (including phenoxy) is 1. The van der Waals surface area contributed by atoms with Crippen molar-refractivity contribution < 1.29 is 4.74 Å². The molecular weight excluding hydrogens is 270 g/mol. The number of allylic oxidation sites excluding steroid dienone is 2. The summed E-state index contributed by atoms with van der Waals surface area (Å²) in [6.07, 6.45) is 5.05. The highest BCUT2D eigenvalue weighted by Gasteiger charge is 2.37. The molecule has 0 bridgehead atoms. The minimum atomic E-state index is 0.268. The molecule has 0 N–H and O–H groups in total. The average Bonchev–Trinajstić information content (AvgIpc) is 2.44. The summed E-state index contributed by atoms with van der Waals surface area (Å²) in [5, 5.41) is 0. The summed E-state index contributed by atoms with van der Waals surface area (Å²) in [5.74, 6) is 0.828. The molecule has 1 aliphatic heterocycles. The minimum absolute atomic E-state index is 0.268. The molecule has 1 heterocycles. The van der Waals surface area contributed by atoms with Gasteiger partial charge in [0.15, 0.2) is 0 Å². The molecule has 0 aromatic heterocycles. The van der Waals surface area contributed by atoms with E-state index in [9.17, 15) is 0 Å². The first kappa shape index (κ1) is 19.5. The van der Waals surface area contributed by atoms with Gasteiger partial charge in [-0.25, -0.2) is 0 Å². The predicted octanol–water partition coefficient (Wildman–Crippen LogP) is 5.49. The van der Waals surface area contributed by atoms with Gasteiger partial charge in [-0.1, -0.05) is 40.2 Å². The number of methoxy groups -OCH3 is 1. The number of nitrogens with zero attached hydrogens (tertiary/aromatic N) is 1. The lowest BCUT2D eigenvalue weighted by molar-refractivity contribution is 0.0288. The van der Waals surface area contributed by atoms with Gasteiger partial charge in [0.1, 0.15) is 0 Å². The van der Waals surface area contributed by atoms with E-state index in [2.05, 4.69) is 53.4 Å². The first-order valence-electron chi connectivity index (χ1n) is 9.03. The van der Waals surface area contributed by atoms with Crippen molar-refractivity contribution in [2.45, 2.75) is 74.1 Å². The van der Waals surface area contributed by atoms with Crippen LogP contribution in [0.4, 0.5) is 0 Å². The minimum Gasteiger partial charge on any atom is -0.384 e. The summed E-state index contributed by atoms with van der Waals surface area (Å²) < 4.78 is 5.41. The summed E-state index contributed by atoms with van der Waals surface area (Å²) in [6.45, 7) is 19.7. The van der Waals surface area contributed by atoms with Crippen LogP contribution in [0.2, 0.25) is 0 Å². The number of hydrogen-bond donors (Lipinski definition) is 0. The van der Waals surface area contributed by atoms with E-state index >= 15 is 0 Å². The van der Waals surface area contributed by atoms with Crippen molar-refractivity contribution >= 4 is 0 Å². The molecule has 2 heteroatoms. The third-order valence-corrected chi connectivity index (χ3v) is 5.69. The van der Waals surface area contributed by atoms with E-state index in [0.29, 0.717) is 5.41 Å². The molecule has 0 aromatic carbocycles. The van der Waals surface area contributed by atoms with Crippen LogP contribution in [0, 0.1) is 16.7 Å². The van der Waals surface area contributed by atoms with Gasteiger partial charge < -0.3 is 9.64 Å². The van der Waals surface area contributed by atoms with Crippen LogP contribution < -0.4 is 0 Å². The van der Waals surface area contributed by atoms with Gasteiger partial charge in [-0.2, -0.15) is 0 Å². The quantitative estimate of drug-likeness (QED) is 0.616. The van der Waals surface area contributed by atoms with Gasteiger partial charge in [0.2, 0.25) is 0 Å². The van der Waals surface area contributed by atoms with Gasteiger partial charge in [-0.15, -0.1) is 0 Å². The van der Waals surface area contributed by atoms with E-state index in [1.165, 1.54) is 44.5 Å². The lowest BCUT2D eigenvalue weighted by Gasteiger charge is -2.45. The fraction of sp³-hybridized carbons (Fsp3) is 0.900. The molecule has 1 saturated heterocycles. The molecule has 0 unspecified atom stereocenters. The van der Waals surface area contributed by atoms with Gasteiger partial charge >= 0.3 is 0 Å². The molecule has 0 atom stereocenters. The van der Waals surface area contributed by atoms with E-state index in [0.717, 1.165) is 12.5 Å². The van der Waals surface area contributed by atoms with E-state index in [4.69, 9.17) is 4.74 Å². The van der Waals surface area contributed by atoms with Crippen molar-refractivity contribution in [3.05, 3.63) is 11.3 Å². The van der Waals surface area contributed by atoms with Crippen molar-refractivity contribution in [1.82, 2.24) is 4.90 Å². The third-order valence-electron chi connectivity index (χ3n) is 5.69. The number of likely N-dealkylation sites (tertiary alicyclic amines) is 1. The van der Waals surface area contributed by atoms with Crippen LogP contribution in [0.5, 0.6) is 0 Å². The number of piperidine rings is 1. The standard InChI is InChI=1S/C20H39NO/c1-9-16(2)17(3)21-12-10-18(11-13-21)20(6,7)14-19(4,5)15-22-8/h18H,9-15H2,1-8H3/b17-16+. The Hall–Kier alpha value is -0.500. The Kier molecular flexibility index (Phi) is 6.98. The zero-order valence-corrected chi connectivity index (χ0v) is 16.4. The lowest BCUT2D eigenvalue weighted by Crippen LogP contribution is -2.40. The fourth-order valence-electron chi connectivity index (χ4n) is 4.34. The van der Waals surface area contributed by atoms with Crippen molar-refractivity contribution in [1.29, 1.82) is 0 Å². The molecule has 0 radical (unpaired) electrons. The second-order valence-electron chi connectivity index (χ2n) is 8.74. The summed E-state index contributed by atoms with van der Waals surface area (Å²) in [4.78, 5) is 2.60. The molecule has 0 saturated carbocycles. The third kappa shape index (κ3) is 5.30. The van der Waals surface area contributed by atoms with Gasteiger partial charge in [0.05, 0.1) is 6.61 Å². The van der Waals surface area contributed by atoms with Gasteiger partial charge in [-0.3, -0.25) is 0 Å². The van der Waals surface area contributed by atoms with Gasteiger partial charge in [-0.05, 0) is 56.3 Å². The second-order valence-corrected chi connectivity index (χ2v) is 8.74. The highest BCUT2D eigenvalue weighted by atomic mass is 16.5. The highest BCUT2D eigenvalue weighted by Crippen LogP contribution is 2.44. The first-order chi connectivity index (χ1) is 10.1. The van der Waals surface area contributed by atoms with Crippen LogP contribution in [-0.4, -0.2) is 31.7 Å².